The van der Waals surface area contributed by atoms with Crippen molar-refractivity contribution >= 4 is 12.6 Å². The number of hydrogen-bond donors (Lipinski definition) is 1. The van der Waals surface area contributed by atoms with Crippen LogP contribution in [0.25, 0.3) is 0 Å². The molecular weight excluding hydrogens is 142 g/mol. The first-order valence-electron chi connectivity index (χ1n) is 3.42. The predicted octanol–water partition coefficient (Wildman–Crippen LogP) is 2.37. The number of rotatable bonds is 2. The third kappa shape index (κ3) is 4.74. The molecule has 0 spiro atoms. The van der Waals surface area contributed by atoms with Crippen LogP contribution in [0, 0.1) is 5.41 Å². The zero-order valence-electron chi connectivity index (χ0n) is 7.31. The van der Waals surface area contributed by atoms with E-state index in [-0.39, 0.29) is 0 Å². The van der Waals surface area contributed by atoms with Crippen LogP contribution in [0.15, 0.2) is 11.6 Å². The summed E-state index contributed by atoms with van der Waals surface area (Å²) in [7, 11) is 2.00. The molecule has 0 aliphatic carbocycles. The highest BCUT2D eigenvalue weighted by Crippen LogP contribution is 2.17. The fraction of sp³-hybridized carbons (Fsp3) is 0.750. The average molecular weight is 159 g/mol. The van der Waals surface area contributed by atoms with E-state index in [1.807, 2.05) is 11.9 Å². The van der Waals surface area contributed by atoms with Crippen LogP contribution < -0.4 is 0 Å². The molecule has 0 atom stereocenters. The molecule has 0 N–H and O–H groups in total. The maximum absolute atomic E-state index is 4.14. The predicted molar refractivity (Wildman–Crippen MR) is 50.2 cm³/mol. The first-order valence-corrected chi connectivity index (χ1v) is 3.86. The Kier molecular flexibility index (Phi) is 3.29. The van der Waals surface area contributed by atoms with Crippen molar-refractivity contribution in [2.75, 3.05) is 13.6 Å². The maximum Gasteiger partial charge on any atom is 0.0600 e. The van der Waals surface area contributed by atoms with E-state index in [9.17, 15) is 0 Å². The van der Waals surface area contributed by atoms with Gasteiger partial charge in [-0.15, -0.1) is 12.6 Å². The molecule has 0 aromatic carbocycles. The Balaban J connectivity index is 3.80. The van der Waals surface area contributed by atoms with Gasteiger partial charge in [0.25, 0.3) is 0 Å². The van der Waals surface area contributed by atoms with Gasteiger partial charge in [0, 0.05) is 13.6 Å². The van der Waals surface area contributed by atoms with Crippen LogP contribution in [0.3, 0.4) is 0 Å². The van der Waals surface area contributed by atoms with E-state index in [1.165, 1.54) is 0 Å². The standard InChI is InChI=1S/C8H17NS/c1-7(10)9(5)6-8(2,3)4/h10H,1,6H2,2-5H3. The Hall–Kier alpha value is -0.110. The van der Waals surface area contributed by atoms with E-state index in [2.05, 4.69) is 40.0 Å². The monoisotopic (exact) mass is 159 g/mol. The van der Waals surface area contributed by atoms with E-state index < -0.39 is 0 Å². The van der Waals surface area contributed by atoms with Crippen molar-refractivity contribution in [2.24, 2.45) is 5.41 Å². The van der Waals surface area contributed by atoms with Crippen molar-refractivity contribution in [2.45, 2.75) is 20.8 Å². The Labute approximate surface area is 69.5 Å². The van der Waals surface area contributed by atoms with Crippen molar-refractivity contribution in [3.8, 4) is 0 Å². The molecule has 0 fully saturated rings. The minimum atomic E-state index is 0.320. The van der Waals surface area contributed by atoms with Gasteiger partial charge in [0.1, 0.15) is 0 Å². The van der Waals surface area contributed by atoms with Crippen LogP contribution in [0.5, 0.6) is 0 Å². The van der Waals surface area contributed by atoms with Crippen molar-refractivity contribution in [3.05, 3.63) is 11.6 Å². The molecule has 0 rings (SSSR count). The Morgan fingerprint density at radius 3 is 2.00 bits per heavy atom. The topological polar surface area (TPSA) is 3.24 Å². The Morgan fingerprint density at radius 2 is 1.90 bits per heavy atom. The molecule has 0 saturated carbocycles. The highest BCUT2D eigenvalue weighted by Gasteiger charge is 2.12. The van der Waals surface area contributed by atoms with E-state index in [0.717, 1.165) is 11.6 Å². The van der Waals surface area contributed by atoms with Gasteiger partial charge in [0.2, 0.25) is 0 Å². The highest BCUT2D eigenvalue weighted by atomic mass is 32.1. The van der Waals surface area contributed by atoms with Crippen LogP contribution in [-0.4, -0.2) is 18.5 Å². The van der Waals surface area contributed by atoms with E-state index in [0.29, 0.717) is 5.41 Å². The van der Waals surface area contributed by atoms with E-state index in [4.69, 9.17) is 0 Å². The third-order valence-corrected chi connectivity index (χ3v) is 1.49. The smallest absolute Gasteiger partial charge is 0.0600 e. The summed E-state index contributed by atoms with van der Waals surface area (Å²) in [5.74, 6) is 0. The van der Waals surface area contributed by atoms with Crippen molar-refractivity contribution in [1.82, 2.24) is 4.90 Å². The van der Waals surface area contributed by atoms with Crippen LogP contribution in [0.2, 0.25) is 0 Å². The molecule has 0 unspecified atom stereocenters. The lowest BCUT2D eigenvalue weighted by molar-refractivity contribution is 0.281. The van der Waals surface area contributed by atoms with Crippen LogP contribution in [0.1, 0.15) is 20.8 Å². The second-order valence-corrected chi connectivity index (χ2v) is 4.35. The SMILES string of the molecule is C=C(S)N(C)CC(C)(C)C. The molecule has 60 valence electrons. The molecule has 1 nitrogen and oxygen atoms in total. The fourth-order valence-corrected chi connectivity index (χ4v) is 0.873. The second kappa shape index (κ2) is 3.33. The van der Waals surface area contributed by atoms with Crippen molar-refractivity contribution in [1.29, 1.82) is 0 Å². The first-order chi connectivity index (χ1) is 4.33. The van der Waals surface area contributed by atoms with E-state index >= 15 is 0 Å². The zero-order valence-corrected chi connectivity index (χ0v) is 8.20. The summed E-state index contributed by atoms with van der Waals surface area (Å²) in [5, 5.41) is 0.829. The average Bonchev–Trinajstić information content (AvgIpc) is 1.60. The van der Waals surface area contributed by atoms with Crippen molar-refractivity contribution < 1.29 is 0 Å². The summed E-state index contributed by atoms with van der Waals surface area (Å²) >= 11 is 4.14. The van der Waals surface area contributed by atoms with Gasteiger partial charge in [-0.3, -0.25) is 0 Å². The number of hydrogen-bond acceptors (Lipinski definition) is 2. The second-order valence-electron chi connectivity index (χ2n) is 3.83. The summed E-state index contributed by atoms with van der Waals surface area (Å²) < 4.78 is 0. The summed E-state index contributed by atoms with van der Waals surface area (Å²) in [6, 6.07) is 0. The first kappa shape index (κ1) is 9.89. The molecule has 0 saturated heterocycles. The van der Waals surface area contributed by atoms with Gasteiger partial charge < -0.3 is 4.90 Å². The summed E-state index contributed by atoms with van der Waals surface area (Å²) in [6.07, 6.45) is 0. The summed E-state index contributed by atoms with van der Waals surface area (Å²) in [4.78, 5) is 2.04. The van der Waals surface area contributed by atoms with Crippen LogP contribution in [-0.2, 0) is 0 Å². The molecule has 0 aromatic rings. The summed E-state index contributed by atoms with van der Waals surface area (Å²) in [5.41, 5.74) is 0.320. The minimum absolute atomic E-state index is 0.320. The summed E-state index contributed by atoms with van der Waals surface area (Å²) in [6.45, 7) is 11.3. The lowest BCUT2D eigenvalue weighted by Crippen LogP contribution is -2.26. The molecule has 0 aliphatic heterocycles. The number of thiol groups is 1. The maximum atomic E-state index is 4.14. The lowest BCUT2D eigenvalue weighted by atomic mass is 9.96. The van der Waals surface area contributed by atoms with Gasteiger partial charge in [-0.2, -0.15) is 0 Å². The quantitative estimate of drug-likeness (QED) is 0.605. The van der Waals surface area contributed by atoms with Gasteiger partial charge in [-0.1, -0.05) is 27.4 Å². The molecule has 0 radical (unpaired) electrons. The van der Waals surface area contributed by atoms with Gasteiger partial charge >= 0.3 is 0 Å². The highest BCUT2D eigenvalue weighted by molar-refractivity contribution is 7.84. The zero-order chi connectivity index (χ0) is 8.36. The lowest BCUT2D eigenvalue weighted by Gasteiger charge is -2.27. The molecular formula is C8H17NS. The number of nitrogens with zero attached hydrogens (tertiary/aromatic N) is 1. The molecule has 0 heterocycles. The van der Waals surface area contributed by atoms with Crippen molar-refractivity contribution in [3.63, 3.8) is 0 Å². The normalized spacial score (nSPS) is 11.3. The van der Waals surface area contributed by atoms with Gasteiger partial charge in [-0.25, -0.2) is 0 Å². The molecule has 2 heteroatoms. The third-order valence-electron chi connectivity index (χ3n) is 1.15. The molecule has 0 aromatic heterocycles. The molecule has 0 amide bonds. The Bertz CT molecular complexity index is 124. The van der Waals surface area contributed by atoms with Crippen LogP contribution in [0.4, 0.5) is 0 Å². The minimum Gasteiger partial charge on any atom is -0.370 e. The van der Waals surface area contributed by atoms with Gasteiger partial charge in [-0.05, 0) is 5.41 Å². The van der Waals surface area contributed by atoms with Gasteiger partial charge in [0.15, 0.2) is 0 Å². The molecule has 10 heavy (non-hydrogen) atoms. The van der Waals surface area contributed by atoms with Crippen LogP contribution >= 0.6 is 12.6 Å². The van der Waals surface area contributed by atoms with E-state index in [1.54, 1.807) is 0 Å². The molecule has 0 aliphatic rings. The molecule has 0 bridgehead atoms. The largest absolute Gasteiger partial charge is 0.370 e. The fourth-order valence-electron chi connectivity index (χ4n) is 0.803. The Morgan fingerprint density at radius 1 is 1.50 bits per heavy atom. The van der Waals surface area contributed by atoms with Gasteiger partial charge in [0.05, 0.1) is 5.03 Å².